The normalized spacial score (nSPS) is 13.4. The van der Waals surface area contributed by atoms with E-state index in [1.165, 1.54) is 0 Å². The number of para-hydroxylation sites is 1. The number of nitrogens with one attached hydrogen (secondary N) is 2. The van der Waals surface area contributed by atoms with Gasteiger partial charge in [-0.2, -0.15) is 5.10 Å². The van der Waals surface area contributed by atoms with E-state index < -0.39 is 0 Å². The first-order valence-electron chi connectivity index (χ1n) is 7.97. The summed E-state index contributed by atoms with van der Waals surface area (Å²) in [5.41, 5.74) is 2.18. The molecule has 1 amide bonds. The van der Waals surface area contributed by atoms with Crippen molar-refractivity contribution in [3.8, 4) is 5.75 Å². The molecule has 0 radical (unpaired) electrons. The maximum absolute atomic E-state index is 12.1. The van der Waals surface area contributed by atoms with Crippen LogP contribution in [0.15, 0.2) is 30.3 Å². The van der Waals surface area contributed by atoms with E-state index in [2.05, 4.69) is 15.7 Å². The number of hydrogen-bond acceptors (Lipinski definition) is 4. The average molecular weight is 314 g/mol. The third kappa shape index (κ3) is 3.90. The first kappa shape index (κ1) is 15.6. The Bertz CT molecular complexity index is 667. The van der Waals surface area contributed by atoms with Crippen LogP contribution in [0.3, 0.4) is 0 Å². The van der Waals surface area contributed by atoms with Crippen molar-refractivity contribution in [1.29, 1.82) is 0 Å². The van der Waals surface area contributed by atoms with Gasteiger partial charge in [-0.25, -0.2) is 0 Å². The molecule has 1 aliphatic rings. The molecule has 0 saturated heterocycles. The summed E-state index contributed by atoms with van der Waals surface area (Å²) in [6, 6.07) is 9.64. The summed E-state index contributed by atoms with van der Waals surface area (Å²) in [6.45, 7) is 2.23. The van der Waals surface area contributed by atoms with Crippen molar-refractivity contribution in [2.24, 2.45) is 7.05 Å². The summed E-state index contributed by atoms with van der Waals surface area (Å²) >= 11 is 0. The fourth-order valence-corrected chi connectivity index (χ4v) is 2.72. The molecule has 2 heterocycles. The van der Waals surface area contributed by atoms with E-state index in [0.717, 1.165) is 42.3 Å². The van der Waals surface area contributed by atoms with Gasteiger partial charge in [-0.3, -0.25) is 9.48 Å². The van der Waals surface area contributed by atoms with Crippen molar-refractivity contribution in [3.05, 3.63) is 41.6 Å². The zero-order valence-electron chi connectivity index (χ0n) is 13.3. The number of fused-ring (bicyclic) bond motifs is 1. The largest absolute Gasteiger partial charge is 0.494 e. The fraction of sp³-hybridized carbons (Fsp3) is 0.412. The molecule has 0 bridgehead atoms. The highest BCUT2D eigenvalue weighted by Gasteiger charge is 2.20. The first-order chi connectivity index (χ1) is 11.2. The number of carbonyl (C=O) groups excluding carboxylic acids is 1. The smallest absolute Gasteiger partial charge is 0.225 e. The van der Waals surface area contributed by atoms with Crippen molar-refractivity contribution in [3.63, 3.8) is 0 Å². The lowest BCUT2D eigenvalue weighted by atomic mass is 10.1. The van der Waals surface area contributed by atoms with E-state index in [-0.39, 0.29) is 5.91 Å². The Balaban J connectivity index is 1.47. The molecule has 0 saturated carbocycles. The molecular weight excluding hydrogens is 292 g/mol. The molecule has 0 fully saturated rings. The van der Waals surface area contributed by atoms with Crippen LogP contribution in [0.25, 0.3) is 0 Å². The van der Waals surface area contributed by atoms with E-state index in [1.807, 2.05) is 37.4 Å². The zero-order valence-corrected chi connectivity index (χ0v) is 13.3. The molecule has 0 spiro atoms. The highest BCUT2D eigenvalue weighted by molar-refractivity contribution is 5.90. The van der Waals surface area contributed by atoms with Crippen molar-refractivity contribution in [2.45, 2.75) is 25.8 Å². The second kappa shape index (κ2) is 7.28. The molecule has 3 rings (SSSR count). The van der Waals surface area contributed by atoms with E-state index in [1.54, 1.807) is 4.68 Å². The molecule has 122 valence electrons. The van der Waals surface area contributed by atoms with Gasteiger partial charge in [0, 0.05) is 38.5 Å². The Kier molecular flexibility index (Phi) is 4.92. The molecule has 1 aromatic heterocycles. The van der Waals surface area contributed by atoms with Crippen LogP contribution in [0.2, 0.25) is 0 Å². The van der Waals surface area contributed by atoms with Gasteiger partial charge in [0.2, 0.25) is 5.91 Å². The lowest BCUT2D eigenvalue weighted by Gasteiger charge is -2.13. The molecule has 1 aromatic carbocycles. The van der Waals surface area contributed by atoms with Crippen LogP contribution in [-0.4, -0.2) is 28.8 Å². The highest BCUT2D eigenvalue weighted by atomic mass is 16.5. The molecule has 0 unspecified atom stereocenters. The molecule has 2 aromatic rings. The third-order valence-corrected chi connectivity index (χ3v) is 3.89. The van der Waals surface area contributed by atoms with Crippen LogP contribution < -0.4 is 15.4 Å². The standard InChI is InChI=1S/C17H22N4O2/c1-21-17(14-12-18-10-9-15(14)20-21)19-16(22)8-5-11-23-13-6-3-2-4-7-13/h2-4,6-7,18H,5,8-12H2,1H3,(H,19,22). The van der Waals surface area contributed by atoms with Gasteiger partial charge in [-0.15, -0.1) is 0 Å². The average Bonchev–Trinajstić information content (AvgIpc) is 2.88. The second-order valence-electron chi connectivity index (χ2n) is 5.64. The van der Waals surface area contributed by atoms with Crippen molar-refractivity contribution >= 4 is 11.7 Å². The van der Waals surface area contributed by atoms with Crippen LogP contribution >= 0.6 is 0 Å². The lowest BCUT2D eigenvalue weighted by molar-refractivity contribution is -0.116. The number of nitrogens with zero attached hydrogens (tertiary/aromatic N) is 2. The minimum Gasteiger partial charge on any atom is -0.494 e. The van der Waals surface area contributed by atoms with Crippen LogP contribution in [0.4, 0.5) is 5.82 Å². The summed E-state index contributed by atoms with van der Waals surface area (Å²) in [7, 11) is 1.87. The SMILES string of the molecule is Cn1nc2c(c1NC(=O)CCCOc1ccccc1)CNCC2. The Morgan fingerprint density at radius 2 is 2.22 bits per heavy atom. The van der Waals surface area contributed by atoms with Crippen molar-refractivity contribution < 1.29 is 9.53 Å². The second-order valence-corrected chi connectivity index (χ2v) is 5.64. The van der Waals surface area contributed by atoms with Gasteiger partial charge >= 0.3 is 0 Å². The van der Waals surface area contributed by atoms with Gasteiger partial charge < -0.3 is 15.4 Å². The zero-order chi connectivity index (χ0) is 16.1. The summed E-state index contributed by atoms with van der Waals surface area (Å²) in [5.74, 6) is 1.64. The van der Waals surface area contributed by atoms with Crippen LogP contribution in [-0.2, 0) is 24.8 Å². The van der Waals surface area contributed by atoms with Gasteiger partial charge in [0.25, 0.3) is 0 Å². The minimum absolute atomic E-state index is 0.00182. The Morgan fingerprint density at radius 3 is 3.04 bits per heavy atom. The van der Waals surface area contributed by atoms with Crippen molar-refractivity contribution in [1.82, 2.24) is 15.1 Å². The molecule has 23 heavy (non-hydrogen) atoms. The molecule has 0 aliphatic carbocycles. The summed E-state index contributed by atoms with van der Waals surface area (Å²) in [5, 5.41) is 10.8. The van der Waals surface area contributed by atoms with E-state index >= 15 is 0 Å². The Morgan fingerprint density at radius 1 is 1.39 bits per heavy atom. The van der Waals surface area contributed by atoms with Crippen LogP contribution in [0.1, 0.15) is 24.1 Å². The maximum Gasteiger partial charge on any atom is 0.225 e. The van der Waals surface area contributed by atoms with Crippen molar-refractivity contribution in [2.75, 3.05) is 18.5 Å². The summed E-state index contributed by atoms with van der Waals surface area (Å²) < 4.78 is 7.36. The fourth-order valence-electron chi connectivity index (χ4n) is 2.72. The summed E-state index contributed by atoms with van der Waals surface area (Å²) in [4.78, 5) is 12.1. The number of rotatable bonds is 6. The number of aryl methyl sites for hydroxylation is 1. The minimum atomic E-state index is -0.00182. The molecule has 0 atom stereocenters. The molecular formula is C17H22N4O2. The van der Waals surface area contributed by atoms with Crippen LogP contribution in [0, 0.1) is 0 Å². The number of ether oxygens (including phenoxy) is 1. The van der Waals surface area contributed by atoms with E-state index in [4.69, 9.17) is 4.74 Å². The van der Waals surface area contributed by atoms with Gasteiger partial charge in [0.1, 0.15) is 11.6 Å². The number of amides is 1. The third-order valence-electron chi connectivity index (χ3n) is 3.89. The number of carbonyl (C=O) groups is 1. The predicted molar refractivity (Wildman–Crippen MR) is 88.4 cm³/mol. The quantitative estimate of drug-likeness (QED) is 0.799. The lowest BCUT2D eigenvalue weighted by Crippen LogP contribution is -2.24. The number of hydrogen-bond donors (Lipinski definition) is 2. The monoisotopic (exact) mass is 314 g/mol. The maximum atomic E-state index is 12.1. The van der Waals surface area contributed by atoms with Gasteiger partial charge in [-0.05, 0) is 18.6 Å². The molecule has 1 aliphatic heterocycles. The number of anilines is 1. The van der Waals surface area contributed by atoms with Gasteiger partial charge in [0.15, 0.2) is 0 Å². The Labute approximate surface area is 135 Å². The number of aromatic nitrogens is 2. The topological polar surface area (TPSA) is 68.2 Å². The predicted octanol–water partition coefficient (Wildman–Crippen LogP) is 1.86. The highest BCUT2D eigenvalue weighted by Crippen LogP contribution is 2.22. The first-order valence-corrected chi connectivity index (χ1v) is 7.97. The molecule has 6 nitrogen and oxygen atoms in total. The Hall–Kier alpha value is -2.34. The van der Waals surface area contributed by atoms with Gasteiger partial charge in [0.05, 0.1) is 12.3 Å². The number of benzene rings is 1. The van der Waals surface area contributed by atoms with E-state index in [0.29, 0.717) is 19.4 Å². The summed E-state index contributed by atoms with van der Waals surface area (Å²) in [6.07, 6.45) is 2.02. The van der Waals surface area contributed by atoms with E-state index in [9.17, 15) is 4.79 Å². The molecule has 2 N–H and O–H groups in total. The molecule has 6 heteroatoms. The van der Waals surface area contributed by atoms with Crippen LogP contribution in [0.5, 0.6) is 5.75 Å². The van der Waals surface area contributed by atoms with Gasteiger partial charge in [-0.1, -0.05) is 18.2 Å².